The van der Waals surface area contributed by atoms with Gasteiger partial charge in [0.15, 0.2) is 0 Å². The molecule has 0 aliphatic carbocycles. The van der Waals surface area contributed by atoms with Crippen LogP contribution in [0, 0.1) is 11.7 Å². The molecule has 1 fully saturated rings. The van der Waals surface area contributed by atoms with E-state index in [0.29, 0.717) is 4.47 Å². The van der Waals surface area contributed by atoms with Gasteiger partial charge in [0, 0.05) is 22.9 Å². The highest BCUT2D eigenvalue weighted by Crippen LogP contribution is 2.45. The van der Waals surface area contributed by atoms with E-state index in [9.17, 15) is 9.90 Å². The maximum Gasteiger partial charge on any atom is 0.217 e. The van der Waals surface area contributed by atoms with Gasteiger partial charge in [-0.05, 0) is 34.9 Å². The molecule has 0 saturated carbocycles. The lowest BCUT2D eigenvalue weighted by molar-refractivity contribution is -0.121. The predicted molar refractivity (Wildman–Crippen MR) is 155 cm³/mol. The molecule has 4 aromatic carbocycles. The molecule has 3 unspecified atom stereocenters. The third-order valence-electron chi connectivity index (χ3n) is 7.62. The van der Waals surface area contributed by atoms with Crippen molar-refractivity contribution in [1.29, 1.82) is 0 Å². The van der Waals surface area contributed by atoms with Crippen molar-refractivity contribution < 1.29 is 23.8 Å². The van der Waals surface area contributed by atoms with Crippen LogP contribution in [0.1, 0.15) is 29.2 Å². The Bertz CT molecular complexity index is 1340. The summed E-state index contributed by atoms with van der Waals surface area (Å²) in [4.78, 5) is 12.4. The van der Waals surface area contributed by atoms with Crippen molar-refractivity contribution in [2.75, 3.05) is 19.8 Å². The Morgan fingerprint density at radius 3 is 1.98 bits per heavy atom. The SMILES string of the molecule is CC(=O)NC1(c2cc(Br)ccc2F)COC(COC(c2ccccc2)(c2ccccc2)c2ccccc2)C1CO. The van der Waals surface area contributed by atoms with E-state index in [2.05, 4.69) is 21.2 Å². The molecule has 5 nitrogen and oxygen atoms in total. The maximum absolute atomic E-state index is 15.3. The van der Waals surface area contributed by atoms with E-state index in [4.69, 9.17) is 9.47 Å². The summed E-state index contributed by atoms with van der Waals surface area (Å²) in [6, 6.07) is 34.4. The van der Waals surface area contributed by atoms with Gasteiger partial charge in [0.2, 0.25) is 5.91 Å². The fraction of sp³-hybridized carbons (Fsp3) is 0.242. The van der Waals surface area contributed by atoms with E-state index >= 15 is 4.39 Å². The lowest BCUT2D eigenvalue weighted by Crippen LogP contribution is -2.53. The molecule has 1 aliphatic rings. The van der Waals surface area contributed by atoms with E-state index in [1.165, 1.54) is 13.0 Å². The normalized spacial score (nSPS) is 20.8. The van der Waals surface area contributed by atoms with Gasteiger partial charge in [0.1, 0.15) is 11.4 Å². The van der Waals surface area contributed by atoms with Crippen LogP contribution in [0.4, 0.5) is 4.39 Å². The highest BCUT2D eigenvalue weighted by molar-refractivity contribution is 9.10. The van der Waals surface area contributed by atoms with Gasteiger partial charge in [-0.25, -0.2) is 4.39 Å². The molecule has 2 N–H and O–H groups in total. The Hall–Kier alpha value is -3.36. The molecule has 5 rings (SSSR count). The molecule has 1 heterocycles. The molecule has 40 heavy (non-hydrogen) atoms. The number of ether oxygens (including phenoxy) is 2. The molecule has 4 aromatic rings. The van der Waals surface area contributed by atoms with Crippen LogP contribution in [0.2, 0.25) is 0 Å². The third-order valence-corrected chi connectivity index (χ3v) is 8.11. The third kappa shape index (κ3) is 5.22. The zero-order chi connectivity index (χ0) is 28.2. The minimum Gasteiger partial charge on any atom is -0.396 e. The van der Waals surface area contributed by atoms with Crippen LogP contribution < -0.4 is 5.32 Å². The fourth-order valence-corrected chi connectivity index (χ4v) is 6.18. The summed E-state index contributed by atoms with van der Waals surface area (Å²) in [5.41, 5.74) is 0.760. The number of hydrogen-bond donors (Lipinski definition) is 2. The highest BCUT2D eigenvalue weighted by Gasteiger charge is 2.53. The van der Waals surface area contributed by atoms with Gasteiger partial charge in [-0.3, -0.25) is 4.79 Å². The van der Waals surface area contributed by atoms with Crippen molar-refractivity contribution in [3.8, 4) is 0 Å². The van der Waals surface area contributed by atoms with Crippen molar-refractivity contribution in [1.82, 2.24) is 5.32 Å². The molecule has 0 aromatic heterocycles. The summed E-state index contributed by atoms with van der Waals surface area (Å²) in [6.07, 6.45) is -0.647. The zero-order valence-electron chi connectivity index (χ0n) is 22.1. The van der Waals surface area contributed by atoms with Gasteiger partial charge in [0.05, 0.1) is 31.5 Å². The molecule has 0 bridgehead atoms. The predicted octanol–water partition coefficient (Wildman–Crippen LogP) is 5.94. The number of halogens is 2. The first-order valence-corrected chi connectivity index (χ1v) is 14.0. The average molecular weight is 605 g/mol. The minimum absolute atomic E-state index is 0.0196. The van der Waals surface area contributed by atoms with Crippen molar-refractivity contribution in [2.24, 2.45) is 5.92 Å². The van der Waals surface area contributed by atoms with Crippen LogP contribution in [-0.4, -0.2) is 36.9 Å². The lowest BCUT2D eigenvalue weighted by Gasteiger charge is -2.38. The largest absolute Gasteiger partial charge is 0.396 e. The highest BCUT2D eigenvalue weighted by atomic mass is 79.9. The molecule has 1 aliphatic heterocycles. The molecular formula is C33H31BrFNO4. The van der Waals surface area contributed by atoms with Gasteiger partial charge in [0.25, 0.3) is 0 Å². The molecule has 206 valence electrons. The summed E-state index contributed by atoms with van der Waals surface area (Å²) >= 11 is 3.42. The molecule has 1 amide bonds. The first-order valence-electron chi connectivity index (χ1n) is 13.2. The number of carbonyl (C=O) groups excluding carboxylic acids is 1. The monoisotopic (exact) mass is 603 g/mol. The number of carbonyl (C=O) groups is 1. The van der Waals surface area contributed by atoms with Crippen molar-refractivity contribution in [2.45, 2.75) is 24.2 Å². The van der Waals surface area contributed by atoms with Crippen molar-refractivity contribution in [3.63, 3.8) is 0 Å². The maximum atomic E-state index is 15.3. The van der Waals surface area contributed by atoms with Crippen LogP contribution in [0.15, 0.2) is 114 Å². The topological polar surface area (TPSA) is 67.8 Å². The van der Waals surface area contributed by atoms with E-state index < -0.39 is 29.0 Å². The number of amides is 1. The molecule has 1 saturated heterocycles. The number of benzene rings is 4. The Labute approximate surface area is 242 Å². The van der Waals surface area contributed by atoms with Crippen molar-refractivity contribution in [3.05, 3.63) is 142 Å². The molecule has 0 spiro atoms. The first-order chi connectivity index (χ1) is 19.4. The average Bonchev–Trinajstić information content (AvgIpc) is 3.33. The van der Waals surface area contributed by atoms with Gasteiger partial charge in [-0.1, -0.05) is 107 Å². The van der Waals surface area contributed by atoms with Crippen molar-refractivity contribution >= 4 is 21.8 Å². The zero-order valence-corrected chi connectivity index (χ0v) is 23.7. The van der Waals surface area contributed by atoms with E-state index in [0.717, 1.165) is 16.7 Å². The molecular weight excluding hydrogens is 573 g/mol. The quantitative estimate of drug-likeness (QED) is 0.233. The number of nitrogens with one attached hydrogen (secondary N) is 1. The van der Waals surface area contributed by atoms with Crippen LogP contribution in [0.25, 0.3) is 0 Å². The standard InChI is InChI=1S/C33H31BrFNO4/c1-23(38)36-32(28-19-27(34)17-18-30(28)35)22-39-31(29(32)20-37)21-40-33(24-11-5-2-6-12-24,25-13-7-3-8-14-25)26-15-9-4-10-16-26/h2-19,29,31,37H,20-22H2,1H3,(H,36,38). The summed E-state index contributed by atoms with van der Waals surface area (Å²) in [7, 11) is 0. The Balaban J connectivity index is 1.58. The molecule has 3 atom stereocenters. The number of aliphatic hydroxyl groups is 1. The number of rotatable bonds is 9. The Morgan fingerprint density at radius 2 is 1.50 bits per heavy atom. The number of aliphatic hydroxyl groups excluding tert-OH is 1. The van der Waals surface area contributed by atoms with Gasteiger partial charge >= 0.3 is 0 Å². The Kier molecular flexibility index (Phi) is 8.47. The van der Waals surface area contributed by atoms with Crippen LogP contribution >= 0.6 is 15.9 Å². The van der Waals surface area contributed by atoms with Crippen LogP contribution in [-0.2, 0) is 25.4 Å². The van der Waals surface area contributed by atoms with Gasteiger partial charge in [-0.15, -0.1) is 0 Å². The fourth-order valence-electron chi connectivity index (χ4n) is 5.82. The second-order valence-electron chi connectivity index (χ2n) is 10.0. The molecule has 0 radical (unpaired) electrons. The van der Waals surface area contributed by atoms with Crippen LogP contribution in [0.5, 0.6) is 0 Å². The minimum atomic E-state index is -1.28. The lowest BCUT2D eigenvalue weighted by atomic mass is 9.77. The van der Waals surface area contributed by atoms with Gasteiger partial charge < -0.3 is 19.9 Å². The second kappa shape index (κ2) is 12.0. The van der Waals surface area contributed by atoms with E-state index in [-0.39, 0.29) is 31.3 Å². The van der Waals surface area contributed by atoms with E-state index in [1.807, 2.05) is 91.0 Å². The summed E-state index contributed by atoms with van der Waals surface area (Å²) in [6.45, 7) is 1.07. The summed E-state index contributed by atoms with van der Waals surface area (Å²) < 4.78 is 29.1. The molecule has 7 heteroatoms. The Morgan fingerprint density at radius 1 is 0.975 bits per heavy atom. The van der Waals surface area contributed by atoms with Crippen LogP contribution in [0.3, 0.4) is 0 Å². The van der Waals surface area contributed by atoms with E-state index in [1.54, 1.807) is 12.1 Å². The summed E-state index contributed by atoms with van der Waals surface area (Å²) in [5.74, 6) is -1.52. The smallest absolute Gasteiger partial charge is 0.217 e. The number of hydrogen-bond acceptors (Lipinski definition) is 4. The first kappa shape index (κ1) is 28.2. The van der Waals surface area contributed by atoms with Gasteiger partial charge in [-0.2, -0.15) is 0 Å². The summed E-state index contributed by atoms with van der Waals surface area (Å²) in [5, 5.41) is 13.6. The second-order valence-corrected chi connectivity index (χ2v) is 10.9.